The van der Waals surface area contributed by atoms with Crippen molar-refractivity contribution in [3.05, 3.63) is 0 Å². The van der Waals surface area contributed by atoms with Crippen molar-refractivity contribution in [2.75, 3.05) is 32.8 Å². The van der Waals surface area contributed by atoms with E-state index >= 15 is 0 Å². The van der Waals surface area contributed by atoms with E-state index in [2.05, 4.69) is 10.2 Å². The Bertz CT molecular complexity index is 193. The van der Waals surface area contributed by atoms with Gasteiger partial charge in [0.1, 0.15) is 0 Å². The van der Waals surface area contributed by atoms with Gasteiger partial charge >= 0.3 is 0 Å². The molecule has 1 aliphatic heterocycles. The van der Waals surface area contributed by atoms with Crippen LogP contribution in [0.3, 0.4) is 0 Å². The molecule has 1 rings (SSSR count). The number of carbonyl (C=O) groups excluding carboxylic acids is 1. The van der Waals surface area contributed by atoms with Gasteiger partial charge in [0.25, 0.3) is 0 Å². The molecule has 88 valence electrons. The second kappa shape index (κ2) is 6.76. The number of nitrogens with zero attached hydrogens (tertiary/aromatic N) is 1. The molecule has 1 heterocycles. The zero-order chi connectivity index (χ0) is 11.1. The molecule has 5 nitrogen and oxygen atoms in total. The van der Waals surface area contributed by atoms with E-state index in [1.165, 1.54) is 0 Å². The Kier molecular flexibility index (Phi) is 5.60. The molecule has 1 aliphatic rings. The maximum atomic E-state index is 11.3. The van der Waals surface area contributed by atoms with Crippen LogP contribution in [0.15, 0.2) is 0 Å². The molecule has 0 saturated carbocycles. The van der Waals surface area contributed by atoms with Gasteiger partial charge in [-0.15, -0.1) is 0 Å². The van der Waals surface area contributed by atoms with Crippen molar-refractivity contribution in [3.63, 3.8) is 0 Å². The topological polar surface area (TPSA) is 67.6 Å². The van der Waals surface area contributed by atoms with Crippen molar-refractivity contribution in [1.29, 1.82) is 0 Å². The number of morpholine rings is 1. The van der Waals surface area contributed by atoms with Gasteiger partial charge in [0, 0.05) is 19.5 Å². The highest BCUT2D eigenvalue weighted by molar-refractivity contribution is 5.75. The summed E-state index contributed by atoms with van der Waals surface area (Å²) in [5, 5.41) is 2.99. The predicted molar refractivity (Wildman–Crippen MR) is 58.3 cm³/mol. The van der Waals surface area contributed by atoms with Crippen LogP contribution in [-0.2, 0) is 9.53 Å². The first-order chi connectivity index (χ1) is 7.27. The number of nitrogens with one attached hydrogen (secondary N) is 1. The number of amides is 1. The molecule has 0 radical (unpaired) electrons. The molecule has 1 saturated heterocycles. The van der Waals surface area contributed by atoms with Crippen molar-refractivity contribution in [1.82, 2.24) is 10.2 Å². The molecule has 1 amide bonds. The highest BCUT2D eigenvalue weighted by Crippen LogP contribution is 2.04. The third-order valence-corrected chi connectivity index (χ3v) is 2.58. The maximum Gasteiger partial charge on any atom is 0.220 e. The van der Waals surface area contributed by atoms with Crippen LogP contribution in [0.1, 0.15) is 19.8 Å². The third-order valence-electron chi connectivity index (χ3n) is 2.58. The minimum atomic E-state index is 0.0753. The Morgan fingerprint density at radius 1 is 1.53 bits per heavy atom. The van der Waals surface area contributed by atoms with E-state index in [-0.39, 0.29) is 12.1 Å². The normalized spacial score (nSPS) is 19.9. The van der Waals surface area contributed by atoms with E-state index in [1.807, 2.05) is 6.92 Å². The zero-order valence-corrected chi connectivity index (χ0v) is 9.37. The van der Waals surface area contributed by atoms with Crippen molar-refractivity contribution in [2.45, 2.75) is 25.9 Å². The van der Waals surface area contributed by atoms with Crippen LogP contribution in [0.2, 0.25) is 0 Å². The molecule has 1 fully saturated rings. The molecule has 1 unspecified atom stereocenters. The second-order valence-electron chi connectivity index (χ2n) is 3.66. The van der Waals surface area contributed by atoms with Crippen LogP contribution in [-0.4, -0.2) is 49.8 Å². The van der Waals surface area contributed by atoms with E-state index in [0.29, 0.717) is 13.0 Å². The van der Waals surface area contributed by atoms with Gasteiger partial charge < -0.3 is 15.8 Å². The Morgan fingerprint density at radius 2 is 2.20 bits per heavy atom. The van der Waals surface area contributed by atoms with Gasteiger partial charge in [-0.3, -0.25) is 9.69 Å². The maximum absolute atomic E-state index is 11.3. The van der Waals surface area contributed by atoms with Gasteiger partial charge in [-0.2, -0.15) is 0 Å². The third kappa shape index (κ3) is 4.15. The lowest BCUT2D eigenvalue weighted by atomic mass is 10.2. The van der Waals surface area contributed by atoms with Crippen LogP contribution < -0.4 is 11.1 Å². The van der Waals surface area contributed by atoms with Gasteiger partial charge in [0.05, 0.1) is 19.4 Å². The first kappa shape index (κ1) is 12.4. The molecule has 0 aromatic heterocycles. The number of carbonyl (C=O) groups is 1. The summed E-state index contributed by atoms with van der Waals surface area (Å²) in [5.74, 6) is 0.0833. The van der Waals surface area contributed by atoms with Crippen LogP contribution >= 0.6 is 0 Å². The summed E-state index contributed by atoms with van der Waals surface area (Å²) in [6.45, 7) is 5.66. The number of ether oxygens (including phenoxy) is 1. The molecule has 1 atom stereocenters. The average Bonchev–Trinajstić information content (AvgIpc) is 2.29. The van der Waals surface area contributed by atoms with E-state index in [4.69, 9.17) is 10.5 Å². The second-order valence-corrected chi connectivity index (χ2v) is 3.66. The fourth-order valence-electron chi connectivity index (χ4n) is 1.68. The molecule has 0 aromatic carbocycles. The Hall–Kier alpha value is -0.650. The van der Waals surface area contributed by atoms with E-state index in [9.17, 15) is 4.79 Å². The van der Waals surface area contributed by atoms with Gasteiger partial charge in [0.2, 0.25) is 5.91 Å². The fourth-order valence-corrected chi connectivity index (χ4v) is 1.68. The lowest BCUT2D eigenvalue weighted by Crippen LogP contribution is -2.52. The summed E-state index contributed by atoms with van der Waals surface area (Å²) >= 11 is 0. The molecular formula is C10H21N3O2. The summed E-state index contributed by atoms with van der Waals surface area (Å²) in [6.07, 6.45) is 1.39. The van der Waals surface area contributed by atoms with Crippen LogP contribution in [0, 0.1) is 0 Å². The number of nitrogens with two attached hydrogens (primary N) is 1. The molecule has 5 heteroatoms. The fraction of sp³-hybridized carbons (Fsp3) is 0.900. The average molecular weight is 215 g/mol. The van der Waals surface area contributed by atoms with E-state index < -0.39 is 0 Å². The first-order valence-electron chi connectivity index (χ1n) is 5.59. The van der Waals surface area contributed by atoms with Crippen molar-refractivity contribution >= 4 is 5.91 Å². The quantitative estimate of drug-likeness (QED) is 0.650. The van der Waals surface area contributed by atoms with Crippen molar-refractivity contribution < 1.29 is 9.53 Å². The number of hydrogen-bond acceptors (Lipinski definition) is 4. The van der Waals surface area contributed by atoms with Gasteiger partial charge in [-0.25, -0.2) is 0 Å². The smallest absolute Gasteiger partial charge is 0.220 e. The van der Waals surface area contributed by atoms with E-state index in [0.717, 1.165) is 32.7 Å². The van der Waals surface area contributed by atoms with Gasteiger partial charge in [-0.1, -0.05) is 6.92 Å². The molecule has 15 heavy (non-hydrogen) atoms. The summed E-state index contributed by atoms with van der Waals surface area (Å²) in [5.41, 5.74) is 5.54. The largest absolute Gasteiger partial charge is 0.379 e. The van der Waals surface area contributed by atoms with Gasteiger partial charge in [0.15, 0.2) is 0 Å². The minimum Gasteiger partial charge on any atom is -0.379 e. The summed E-state index contributed by atoms with van der Waals surface area (Å²) < 4.78 is 5.27. The molecule has 0 aliphatic carbocycles. The summed E-state index contributed by atoms with van der Waals surface area (Å²) in [4.78, 5) is 13.6. The Labute approximate surface area is 90.9 Å². The monoisotopic (exact) mass is 215 g/mol. The first-order valence-corrected chi connectivity index (χ1v) is 5.59. The predicted octanol–water partition coefficient (Wildman–Crippen LogP) is -0.480. The minimum absolute atomic E-state index is 0.0753. The molecule has 0 bridgehead atoms. The summed E-state index contributed by atoms with van der Waals surface area (Å²) in [7, 11) is 0. The van der Waals surface area contributed by atoms with Crippen LogP contribution in [0.5, 0.6) is 0 Å². The van der Waals surface area contributed by atoms with Crippen LogP contribution in [0.4, 0.5) is 0 Å². The molecule has 0 aromatic rings. The molecular weight excluding hydrogens is 194 g/mol. The highest BCUT2D eigenvalue weighted by atomic mass is 16.5. The van der Waals surface area contributed by atoms with Crippen LogP contribution in [0.25, 0.3) is 0 Å². The lowest BCUT2D eigenvalue weighted by Gasteiger charge is -2.34. The zero-order valence-electron chi connectivity index (χ0n) is 9.37. The molecule has 0 spiro atoms. The standard InChI is InChI=1S/C10H21N3O2/c1-2-10(14)12-9(3-4-11)13-5-7-15-8-6-13/h9H,2-8,11H2,1H3,(H,12,14). The lowest BCUT2D eigenvalue weighted by molar-refractivity contribution is -0.123. The summed E-state index contributed by atoms with van der Waals surface area (Å²) in [6, 6.07) is 0. The Balaban J connectivity index is 2.43. The van der Waals surface area contributed by atoms with E-state index in [1.54, 1.807) is 0 Å². The van der Waals surface area contributed by atoms with Gasteiger partial charge in [-0.05, 0) is 13.0 Å². The number of hydrogen-bond donors (Lipinski definition) is 2. The van der Waals surface area contributed by atoms with Crippen molar-refractivity contribution in [2.24, 2.45) is 5.73 Å². The Morgan fingerprint density at radius 3 is 2.73 bits per heavy atom. The number of rotatable bonds is 5. The van der Waals surface area contributed by atoms with Crippen molar-refractivity contribution in [3.8, 4) is 0 Å². The highest BCUT2D eigenvalue weighted by Gasteiger charge is 2.21. The molecule has 3 N–H and O–H groups in total. The SMILES string of the molecule is CCC(=O)NC(CCN)N1CCOCC1.